The number of hydrogen-bond donors (Lipinski definition) is 1. The van der Waals surface area contributed by atoms with E-state index in [0.29, 0.717) is 13.0 Å². The van der Waals surface area contributed by atoms with Gasteiger partial charge >= 0.3 is 36.7 Å². The van der Waals surface area contributed by atoms with Crippen LogP contribution >= 0.6 is 0 Å². The molecule has 86 valence electrons. The average molecular weight is 261 g/mol. The summed E-state index contributed by atoms with van der Waals surface area (Å²) in [5, 5.41) is 0. The molecular formula is C8H11ClFN2NaO3. The first kappa shape index (κ1) is 15.9. The molecule has 0 aromatic carbocycles. The third-order valence-electron chi connectivity index (χ3n) is 2.14. The van der Waals surface area contributed by atoms with Gasteiger partial charge in [-0.3, -0.25) is 14.3 Å². The van der Waals surface area contributed by atoms with Crippen LogP contribution in [0.2, 0.25) is 0 Å². The molecule has 1 aromatic rings. The van der Waals surface area contributed by atoms with Crippen molar-refractivity contribution >= 4 is 29.6 Å². The van der Waals surface area contributed by atoms with Gasteiger partial charge in [0.25, 0.3) is 5.56 Å². The van der Waals surface area contributed by atoms with Gasteiger partial charge in [-0.2, -0.15) is 4.39 Å². The Balaban J connectivity index is 0. The topological polar surface area (TPSA) is 64.1 Å². The number of nitrogens with zero attached hydrogens (tertiary/aromatic N) is 1. The van der Waals surface area contributed by atoms with Crippen molar-refractivity contribution in [3.63, 3.8) is 0 Å². The fourth-order valence-corrected chi connectivity index (χ4v) is 1.45. The van der Waals surface area contributed by atoms with Crippen molar-refractivity contribution in [1.29, 1.82) is 0 Å². The zero-order valence-corrected chi connectivity index (χ0v) is 8.46. The fraction of sp³-hybridized carbons (Fsp3) is 0.500. The summed E-state index contributed by atoms with van der Waals surface area (Å²) in [7, 11) is 0. The third-order valence-corrected chi connectivity index (χ3v) is 2.14. The van der Waals surface area contributed by atoms with Gasteiger partial charge in [-0.15, -0.1) is 0 Å². The van der Waals surface area contributed by atoms with Gasteiger partial charge in [0, 0.05) is 6.61 Å². The number of nitrogens with one attached hydrogen (secondary N) is 1. The van der Waals surface area contributed by atoms with Crippen LogP contribution in [0.4, 0.5) is 4.39 Å². The quantitative estimate of drug-likeness (QED) is 0.532. The van der Waals surface area contributed by atoms with Crippen molar-refractivity contribution in [3.8, 4) is 0 Å². The molecule has 1 N–H and O–H groups in total. The van der Waals surface area contributed by atoms with E-state index in [1.54, 1.807) is 0 Å². The van der Waals surface area contributed by atoms with Crippen molar-refractivity contribution < 1.29 is 23.0 Å². The Morgan fingerprint density at radius 3 is 2.81 bits per heavy atom. The van der Waals surface area contributed by atoms with Crippen LogP contribution in [-0.2, 0) is 4.74 Å². The summed E-state index contributed by atoms with van der Waals surface area (Å²) in [6.07, 6.45) is 1.93. The van der Waals surface area contributed by atoms with Crippen LogP contribution in [0.1, 0.15) is 20.5 Å². The van der Waals surface area contributed by atoms with E-state index in [1.807, 2.05) is 4.98 Å². The van der Waals surface area contributed by atoms with Gasteiger partial charge in [-0.05, 0) is 12.8 Å². The van der Waals surface area contributed by atoms with E-state index >= 15 is 0 Å². The second-order valence-electron chi connectivity index (χ2n) is 3.11. The molecular weight excluding hydrogens is 250 g/mol. The van der Waals surface area contributed by atoms with E-state index < -0.39 is 23.3 Å². The van der Waals surface area contributed by atoms with E-state index in [0.717, 1.165) is 17.2 Å². The number of H-pyrrole nitrogens is 1. The summed E-state index contributed by atoms with van der Waals surface area (Å²) in [5.41, 5.74) is -1.63. The number of aromatic nitrogens is 2. The van der Waals surface area contributed by atoms with Gasteiger partial charge in [-0.25, -0.2) is 4.79 Å². The number of hydrogen-bond acceptors (Lipinski definition) is 3. The summed E-state index contributed by atoms with van der Waals surface area (Å²) in [5.74, 6) is -0.972. The molecule has 0 bridgehead atoms. The van der Waals surface area contributed by atoms with E-state index in [1.165, 1.54) is 0 Å². The second-order valence-corrected chi connectivity index (χ2v) is 3.11. The van der Waals surface area contributed by atoms with Crippen LogP contribution in [0.5, 0.6) is 0 Å². The Morgan fingerprint density at radius 1 is 1.56 bits per heavy atom. The monoisotopic (exact) mass is 260 g/mol. The summed E-state index contributed by atoms with van der Waals surface area (Å²) in [4.78, 5) is 23.8. The molecule has 0 spiro atoms. The molecule has 0 unspecified atom stereocenters. The van der Waals surface area contributed by atoms with Gasteiger partial charge < -0.3 is 17.1 Å². The zero-order valence-electron chi connectivity index (χ0n) is 8.70. The van der Waals surface area contributed by atoms with E-state index in [4.69, 9.17) is 4.74 Å². The van der Waals surface area contributed by atoms with Crippen molar-refractivity contribution in [3.05, 3.63) is 32.9 Å². The maximum atomic E-state index is 12.9. The molecule has 1 fully saturated rings. The van der Waals surface area contributed by atoms with Gasteiger partial charge in [0.1, 0.15) is 6.23 Å². The average Bonchev–Trinajstić information content (AvgIpc) is 2.64. The molecule has 0 saturated carbocycles. The molecule has 1 aliphatic rings. The van der Waals surface area contributed by atoms with Gasteiger partial charge in [-0.1, -0.05) is 0 Å². The van der Waals surface area contributed by atoms with Gasteiger partial charge in [0.2, 0.25) is 5.82 Å². The number of aromatic amines is 1. The van der Waals surface area contributed by atoms with E-state index in [2.05, 4.69) is 0 Å². The zero-order chi connectivity index (χ0) is 10.1. The minimum atomic E-state index is -0.996. The number of rotatable bonds is 1. The van der Waals surface area contributed by atoms with Crippen molar-refractivity contribution in [1.82, 2.24) is 9.55 Å². The summed E-state index contributed by atoms with van der Waals surface area (Å²) in [6.45, 7) is 0.553. The first-order valence-electron chi connectivity index (χ1n) is 4.31. The van der Waals surface area contributed by atoms with Gasteiger partial charge in [0.15, 0.2) is 0 Å². The normalized spacial score (nSPS) is 18.7. The van der Waals surface area contributed by atoms with Crippen LogP contribution < -0.4 is 23.7 Å². The van der Waals surface area contributed by atoms with E-state index in [-0.39, 0.29) is 43.4 Å². The Morgan fingerprint density at radius 2 is 2.25 bits per heavy atom. The third kappa shape index (κ3) is 3.18. The molecule has 2 heterocycles. The van der Waals surface area contributed by atoms with Crippen LogP contribution in [-0.4, -0.2) is 45.7 Å². The number of halogens is 2. The predicted molar refractivity (Wildman–Crippen MR) is 53.8 cm³/mol. The van der Waals surface area contributed by atoms with Crippen molar-refractivity contribution in [2.75, 3.05) is 6.61 Å². The summed E-state index contributed by atoms with van der Waals surface area (Å²) in [6, 6.07) is 0. The Bertz CT molecular complexity index is 461. The van der Waals surface area contributed by atoms with Gasteiger partial charge in [0.05, 0.1) is 6.20 Å². The van der Waals surface area contributed by atoms with Crippen molar-refractivity contribution in [2.45, 2.75) is 19.1 Å². The maximum absolute atomic E-state index is 12.9. The summed E-state index contributed by atoms with van der Waals surface area (Å²) < 4.78 is 19.1. The molecule has 0 aliphatic carbocycles. The van der Waals surface area contributed by atoms with Crippen LogP contribution in [0.3, 0.4) is 0 Å². The Labute approximate surface area is 120 Å². The standard InChI is InChI=1S/C8H9FN2O3.ClH.Na.H/c9-5-4-11(6-2-1-3-14-6)8(13)10-7(5)12;;;/h4,6H,1-3H2,(H,10,12,13);1H;;/t6-;;;/m1.../s1. The SMILES string of the molecule is O=c1[nH]c(=O)n([C@H]2CCCO2)cc1F.[Cl-].[H+].[NaH]. The molecule has 0 amide bonds. The van der Waals surface area contributed by atoms with E-state index in [9.17, 15) is 14.0 Å². The molecule has 1 aromatic heterocycles. The first-order valence-corrected chi connectivity index (χ1v) is 4.31. The molecule has 8 heteroatoms. The summed E-state index contributed by atoms with van der Waals surface area (Å²) >= 11 is 0. The molecule has 1 aliphatic heterocycles. The number of ether oxygens (including phenoxy) is 1. The molecule has 2 rings (SSSR count). The molecule has 1 atom stereocenters. The van der Waals surface area contributed by atoms with Crippen molar-refractivity contribution in [2.24, 2.45) is 0 Å². The van der Waals surface area contributed by atoms with Crippen LogP contribution in [0.15, 0.2) is 15.8 Å². The molecule has 1 saturated heterocycles. The Hall–Kier alpha value is -0.140. The molecule has 16 heavy (non-hydrogen) atoms. The van der Waals surface area contributed by atoms with Crippen LogP contribution in [0, 0.1) is 5.82 Å². The predicted octanol–water partition coefficient (Wildman–Crippen LogP) is -3.55. The molecule has 5 nitrogen and oxygen atoms in total. The first-order chi connectivity index (χ1) is 6.68. The minimum absolute atomic E-state index is 0. The molecule has 0 radical (unpaired) electrons. The Kier molecular flexibility index (Phi) is 6.50. The fourth-order valence-electron chi connectivity index (χ4n) is 1.45. The van der Waals surface area contributed by atoms with Crippen LogP contribution in [0.25, 0.3) is 0 Å². The second kappa shape index (κ2) is 6.56.